The van der Waals surface area contributed by atoms with Crippen molar-refractivity contribution >= 4 is 5.91 Å². The van der Waals surface area contributed by atoms with E-state index in [0.717, 1.165) is 37.9 Å². The summed E-state index contributed by atoms with van der Waals surface area (Å²) in [5, 5.41) is 3.21. The Morgan fingerprint density at radius 2 is 1.77 bits per heavy atom. The maximum Gasteiger partial charge on any atom is 0.261 e. The molecule has 0 aliphatic heterocycles. The molecule has 0 fully saturated rings. The quantitative estimate of drug-likeness (QED) is 0.881. The molecule has 1 N–H and O–H groups in total. The van der Waals surface area contributed by atoms with Gasteiger partial charge in [0.1, 0.15) is 5.75 Å². The van der Waals surface area contributed by atoms with Crippen molar-refractivity contribution in [3.63, 3.8) is 0 Å². The number of rotatable bonds is 4. The molecule has 2 atom stereocenters. The number of carbonyl (C=O) groups is 1. The summed E-state index contributed by atoms with van der Waals surface area (Å²) in [5.41, 5.74) is 5.29. The Labute approximate surface area is 155 Å². The van der Waals surface area contributed by atoms with Gasteiger partial charge in [-0.05, 0) is 80.2 Å². The summed E-state index contributed by atoms with van der Waals surface area (Å²) in [6, 6.07) is 14.8. The SMILES string of the molecule is C[C@@H](Oc1cccc2c1CCCC2)C(=O)N[C@H]1CCCc2ccccc21. The van der Waals surface area contributed by atoms with E-state index in [9.17, 15) is 4.79 Å². The third-order valence-electron chi connectivity index (χ3n) is 5.71. The monoisotopic (exact) mass is 349 g/mol. The molecule has 3 heteroatoms. The van der Waals surface area contributed by atoms with Gasteiger partial charge in [0.25, 0.3) is 5.91 Å². The van der Waals surface area contributed by atoms with Crippen LogP contribution >= 0.6 is 0 Å². The van der Waals surface area contributed by atoms with Crippen molar-refractivity contribution in [1.29, 1.82) is 0 Å². The maximum atomic E-state index is 12.8. The summed E-state index contributed by atoms with van der Waals surface area (Å²) in [7, 11) is 0. The number of benzene rings is 2. The Morgan fingerprint density at radius 1 is 1.00 bits per heavy atom. The maximum absolute atomic E-state index is 12.8. The summed E-state index contributed by atoms with van der Waals surface area (Å²) in [6.07, 6.45) is 7.34. The first-order valence-corrected chi connectivity index (χ1v) is 9.88. The van der Waals surface area contributed by atoms with Crippen molar-refractivity contribution in [1.82, 2.24) is 5.32 Å². The molecule has 0 spiro atoms. The first kappa shape index (κ1) is 17.1. The van der Waals surface area contributed by atoms with Gasteiger partial charge in [-0.1, -0.05) is 36.4 Å². The van der Waals surface area contributed by atoms with Crippen LogP contribution in [-0.4, -0.2) is 12.0 Å². The van der Waals surface area contributed by atoms with E-state index < -0.39 is 6.10 Å². The van der Waals surface area contributed by atoms with Crippen molar-refractivity contribution < 1.29 is 9.53 Å². The highest BCUT2D eigenvalue weighted by atomic mass is 16.5. The molecule has 0 radical (unpaired) electrons. The predicted molar refractivity (Wildman–Crippen MR) is 103 cm³/mol. The fourth-order valence-corrected chi connectivity index (χ4v) is 4.29. The minimum Gasteiger partial charge on any atom is -0.481 e. The molecule has 1 amide bonds. The second-order valence-corrected chi connectivity index (χ2v) is 7.51. The first-order valence-electron chi connectivity index (χ1n) is 9.88. The summed E-state index contributed by atoms with van der Waals surface area (Å²) in [5.74, 6) is 0.856. The average molecular weight is 349 g/mol. The summed E-state index contributed by atoms with van der Waals surface area (Å²) in [4.78, 5) is 12.8. The zero-order valence-corrected chi connectivity index (χ0v) is 15.5. The molecule has 0 aromatic heterocycles. The number of carbonyl (C=O) groups excluding carboxylic acids is 1. The third-order valence-corrected chi connectivity index (χ3v) is 5.71. The Kier molecular flexibility index (Phi) is 4.96. The molecular formula is C23H27NO2. The molecule has 0 bridgehead atoms. The van der Waals surface area contributed by atoms with Gasteiger partial charge in [0.15, 0.2) is 6.10 Å². The summed E-state index contributed by atoms with van der Waals surface area (Å²) >= 11 is 0. The second-order valence-electron chi connectivity index (χ2n) is 7.51. The molecule has 3 nitrogen and oxygen atoms in total. The van der Waals surface area contributed by atoms with E-state index >= 15 is 0 Å². The van der Waals surface area contributed by atoms with Crippen molar-refractivity contribution in [2.24, 2.45) is 0 Å². The Balaban J connectivity index is 1.45. The topological polar surface area (TPSA) is 38.3 Å². The van der Waals surface area contributed by atoms with Gasteiger partial charge in [0.2, 0.25) is 0 Å². The van der Waals surface area contributed by atoms with E-state index in [2.05, 4.69) is 35.6 Å². The second kappa shape index (κ2) is 7.53. The van der Waals surface area contributed by atoms with Gasteiger partial charge in [-0.3, -0.25) is 4.79 Å². The van der Waals surface area contributed by atoms with E-state index in [1.54, 1.807) is 0 Å². The average Bonchev–Trinajstić information content (AvgIpc) is 2.68. The molecule has 0 saturated heterocycles. The lowest BCUT2D eigenvalue weighted by Crippen LogP contribution is -2.39. The van der Waals surface area contributed by atoms with Gasteiger partial charge >= 0.3 is 0 Å². The molecule has 0 unspecified atom stereocenters. The Hall–Kier alpha value is -2.29. The van der Waals surface area contributed by atoms with Gasteiger partial charge in [0, 0.05) is 0 Å². The Morgan fingerprint density at radius 3 is 2.69 bits per heavy atom. The zero-order valence-electron chi connectivity index (χ0n) is 15.5. The minimum atomic E-state index is -0.488. The highest BCUT2D eigenvalue weighted by Crippen LogP contribution is 2.31. The molecule has 2 aromatic carbocycles. The highest BCUT2D eigenvalue weighted by molar-refractivity contribution is 5.81. The van der Waals surface area contributed by atoms with Crippen molar-refractivity contribution in [2.75, 3.05) is 0 Å². The third kappa shape index (κ3) is 3.48. The van der Waals surface area contributed by atoms with E-state index in [0.29, 0.717) is 0 Å². The molecule has 136 valence electrons. The number of ether oxygens (including phenoxy) is 1. The molecule has 0 heterocycles. The number of fused-ring (bicyclic) bond motifs is 2. The number of nitrogens with one attached hydrogen (secondary N) is 1. The van der Waals surface area contributed by atoms with E-state index in [1.165, 1.54) is 35.1 Å². The van der Waals surface area contributed by atoms with E-state index in [1.807, 2.05) is 19.1 Å². The van der Waals surface area contributed by atoms with Crippen molar-refractivity contribution in [2.45, 2.75) is 64.0 Å². The van der Waals surface area contributed by atoms with Gasteiger partial charge in [-0.2, -0.15) is 0 Å². The smallest absolute Gasteiger partial charge is 0.261 e. The normalized spacial score (nSPS) is 19.8. The van der Waals surface area contributed by atoms with Crippen LogP contribution in [0.15, 0.2) is 42.5 Å². The zero-order chi connectivity index (χ0) is 17.9. The lowest BCUT2D eigenvalue weighted by atomic mass is 9.87. The number of aryl methyl sites for hydroxylation is 2. The van der Waals surface area contributed by atoms with Crippen molar-refractivity contribution in [3.05, 3.63) is 64.7 Å². The van der Waals surface area contributed by atoms with Gasteiger partial charge < -0.3 is 10.1 Å². The number of hydrogen-bond donors (Lipinski definition) is 1. The summed E-state index contributed by atoms with van der Waals surface area (Å²) in [6.45, 7) is 1.85. The standard InChI is InChI=1S/C23H27NO2/c1-16(26-22-15-7-11-18-9-3-5-13-20(18)22)23(25)24-21-14-6-10-17-8-2-4-12-19(17)21/h2,4,7-8,11-12,15-16,21H,3,5-6,9-10,13-14H2,1H3,(H,24,25)/t16-,21+/m1/s1. The fourth-order valence-electron chi connectivity index (χ4n) is 4.29. The molecule has 2 aliphatic carbocycles. The number of hydrogen-bond acceptors (Lipinski definition) is 2. The molecule has 4 rings (SSSR count). The lowest BCUT2D eigenvalue weighted by molar-refractivity contribution is -0.128. The van der Waals surface area contributed by atoms with E-state index in [-0.39, 0.29) is 11.9 Å². The molecule has 2 aliphatic rings. The summed E-state index contributed by atoms with van der Waals surface area (Å²) < 4.78 is 6.09. The van der Waals surface area contributed by atoms with Crippen LogP contribution in [0, 0.1) is 0 Å². The van der Waals surface area contributed by atoms with Gasteiger partial charge in [-0.15, -0.1) is 0 Å². The van der Waals surface area contributed by atoms with Gasteiger partial charge in [0.05, 0.1) is 6.04 Å². The van der Waals surface area contributed by atoms with Crippen LogP contribution in [0.1, 0.15) is 60.9 Å². The largest absolute Gasteiger partial charge is 0.481 e. The minimum absolute atomic E-state index is 0.0277. The molecule has 26 heavy (non-hydrogen) atoms. The lowest BCUT2D eigenvalue weighted by Gasteiger charge is -2.28. The Bertz CT molecular complexity index is 799. The fraction of sp³-hybridized carbons (Fsp3) is 0.435. The van der Waals surface area contributed by atoms with Crippen LogP contribution in [0.4, 0.5) is 0 Å². The first-order chi connectivity index (χ1) is 12.7. The van der Waals surface area contributed by atoms with Crippen molar-refractivity contribution in [3.8, 4) is 5.75 Å². The van der Waals surface area contributed by atoms with Crippen LogP contribution < -0.4 is 10.1 Å². The van der Waals surface area contributed by atoms with Crippen LogP contribution in [0.25, 0.3) is 0 Å². The van der Waals surface area contributed by atoms with Gasteiger partial charge in [-0.25, -0.2) is 0 Å². The molecule has 0 saturated carbocycles. The van der Waals surface area contributed by atoms with Crippen LogP contribution in [-0.2, 0) is 24.1 Å². The van der Waals surface area contributed by atoms with E-state index in [4.69, 9.17) is 4.74 Å². The van der Waals surface area contributed by atoms with Crippen LogP contribution in [0.2, 0.25) is 0 Å². The van der Waals surface area contributed by atoms with Crippen LogP contribution in [0.3, 0.4) is 0 Å². The molecular weight excluding hydrogens is 322 g/mol. The number of amides is 1. The van der Waals surface area contributed by atoms with Crippen LogP contribution in [0.5, 0.6) is 5.75 Å². The highest BCUT2D eigenvalue weighted by Gasteiger charge is 2.25. The molecule has 2 aromatic rings. The predicted octanol–water partition coefficient (Wildman–Crippen LogP) is 4.53.